The number of amides is 1. The number of methoxy groups -OCH3 is 1. The molecule has 1 rings (SSSR count). The monoisotopic (exact) mass is 284 g/mol. The highest BCUT2D eigenvalue weighted by molar-refractivity contribution is 6.33. The highest BCUT2D eigenvalue weighted by Crippen LogP contribution is 2.23. The lowest BCUT2D eigenvalue weighted by Crippen LogP contribution is -2.31. The van der Waals surface area contributed by atoms with Gasteiger partial charge in [-0.3, -0.25) is 4.79 Å². The van der Waals surface area contributed by atoms with Crippen LogP contribution in [-0.2, 0) is 4.74 Å². The highest BCUT2D eigenvalue weighted by Gasteiger charge is 2.20. The predicted molar refractivity (Wildman–Crippen MR) is 78.8 cm³/mol. The van der Waals surface area contributed by atoms with Crippen molar-refractivity contribution in [2.75, 3.05) is 12.4 Å². The van der Waals surface area contributed by atoms with E-state index in [-0.39, 0.29) is 11.6 Å². The molecule has 1 aromatic rings. The molecule has 1 aromatic carbocycles. The molecule has 0 fully saturated rings. The number of carbonyl (C=O) groups is 1. The molecule has 0 heterocycles. The van der Waals surface area contributed by atoms with Crippen molar-refractivity contribution < 1.29 is 9.53 Å². The summed E-state index contributed by atoms with van der Waals surface area (Å²) in [6.45, 7) is 6.11. The molecule has 0 saturated carbocycles. The van der Waals surface area contributed by atoms with Crippen LogP contribution in [0.2, 0.25) is 5.02 Å². The Labute approximate surface area is 119 Å². The van der Waals surface area contributed by atoms with Gasteiger partial charge in [0.15, 0.2) is 0 Å². The van der Waals surface area contributed by atoms with E-state index in [0.717, 1.165) is 12.1 Å². The summed E-state index contributed by atoms with van der Waals surface area (Å²) in [6, 6.07) is 5.35. The molecule has 0 spiro atoms. The van der Waals surface area contributed by atoms with Gasteiger partial charge < -0.3 is 15.8 Å². The van der Waals surface area contributed by atoms with E-state index in [0.29, 0.717) is 10.6 Å². The highest BCUT2D eigenvalue weighted by atomic mass is 35.5. The average Bonchev–Trinajstić information content (AvgIpc) is 2.30. The van der Waals surface area contributed by atoms with E-state index in [9.17, 15) is 4.79 Å². The first-order valence-electron chi connectivity index (χ1n) is 6.16. The number of nitrogens with one attached hydrogen (secondary N) is 1. The van der Waals surface area contributed by atoms with Gasteiger partial charge >= 0.3 is 0 Å². The number of anilines is 1. The van der Waals surface area contributed by atoms with E-state index in [2.05, 4.69) is 12.2 Å². The molecular formula is C14H21ClN2O2. The van der Waals surface area contributed by atoms with Crippen LogP contribution in [0.15, 0.2) is 18.2 Å². The summed E-state index contributed by atoms with van der Waals surface area (Å²) in [5.74, 6) is -0.529. The summed E-state index contributed by atoms with van der Waals surface area (Å²) in [7, 11) is 1.69. The lowest BCUT2D eigenvalue weighted by atomic mass is 9.99. The lowest BCUT2D eigenvalue weighted by molar-refractivity contribution is 0.0128. The predicted octanol–water partition coefficient (Wildman–Crippen LogP) is 3.05. The van der Waals surface area contributed by atoms with Gasteiger partial charge in [-0.2, -0.15) is 0 Å². The fourth-order valence-corrected chi connectivity index (χ4v) is 2.17. The molecule has 0 radical (unpaired) electrons. The number of halogens is 1. The van der Waals surface area contributed by atoms with E-state index in [1.165, 1.54) is 0 Å². The fraction of sp³-hybridized carbons (Fsp3) is 0.500. The first-order valence-corrected chi connectivity index (χ1v) is 6.54. The molecule has 4 nitrogen and oxygen atoms in total. The normalized spacial score (nSPS) is 13.1. The Kier molecular flexibility index (Phi) is 5.20. The minimum Gasteiger partial charge on any atom is -0.382 e. The summed E-state index contributed by atoms with van der Waals surface area (Å²) in [5, 5.41) is 3.67. The molecule has 106 valence electrons. The van der Waals surface area contributed by atoms with E-state index in [1.54, 1.807) is 19.2 Å². The Hall–Kier alpha value is -1.26. The molecule has 5 heteroatoms. The molecule has 0 aliphatic heterocycles. The van der Waals surface area contributed by atoms with Crippen molar-refractivity contribution in [2.45, 2.75) is 38.8 Å². The van der Waals surface area contributed by atoms with Crippen molar-refractivity contribution in [3.8, 4) is 0 Å². The maximum Gasteiger partial charge on any atom is 0.250 e. The van der Waals surface area contributed by atoms with Crippen molar-refractivity contribution in [3.05, 3.63) is 28.8 Å². The van der Waals surface area contributed by atoms with Crippen LogP contribution in [0.25, 0.3) is 0 Å². The van der Waals surface area contributed by atoms with Gasteiger partial charge in [-0.15, -0.1) is 0 Å². The third kappa shape index (κ3) is 4.73. The van der Waals surface area contributed by atoms with E-state index in [4.69, 9.17) is 22.1 Å². The SMILES string of the molecule is COC(C)(C)CC(C)Nc1ccc(Cl)c(C(N)=O)c1. The van der Waals surface area contributed by atoms with E-state index in [1.807, 2.05) is 19.9 Å². The van der Waals surface area contributed by atoms with Crippen LogP contribution >= 0.6 is 11.6 Å². The molecule has 0 aromatic heterocycles. The van der Waals surface area contributed by atoms with E-state index >= 15 is 0 Å². The van der Waals surface area contributed by atoms with Crippen LogP contribution in [-0.4, -0.2) is 24.7 Å². The largest absolute Gasteiger partial charge is 0.382 e. The summed E-state index contributed by atoms with van der Waals surface area (Å²) in [6.07, 6.45) is 0.831. The second kappa shape index (κ2) is 6.26. The number of primary amides is 1. The van der Waals surface area contributed by atoms with Crippen molar-refractivity contribution in [1.29, 1.82) is 0 Å². The van der Waals surface area contributed by atoms with E-state index < -0.39 is 5.91 Å². The number of rotatable bonds is 6. The van der Waals surface area contributed by atoms with Crippen molar-refractivity contribution in [1.82, 2.24) is 0 Å². The second-order valence-corrected chi connectivity index (χ2v) is 5.68. The summed E-state index contributed by atoms with van der Waals surface area (Å²) in [5.41, 5.74) is 6.20. The summed E-state index contributed by atoms with van der Waals surface area (Å²) in [4.78, 5) is 11.2. The van der Waals surface area contributed by atoms with Gasteiger partial charge in [-0.25, -0.2) is 0 Å². The Bertz CT molecular complexity index is 461. The molecule has 3 N–H and O–H groups in total. The summed E-state index contributed by atoms with van der Waals surface area (Å²) >= 11 is 5.91. The number of nitrogens with two attached hydrogens (primary N) is 1. The maximum atomic E-state index is 11.2. The maximum absolute atomic E-state index is 11.2. The Morgan fingerprint density at radius 2 is 2.16 bits per heavy atom. The quantitative estimate of drug-likeness (QED) is 0.844. The van der Waals surface area contributed by atoms with Crippen LogP contribution in [0.4, 0.5) is 5.69 Å². The fourth-order valence-electron chi connectivity index (χ4n) is 1.96. The molecule has 0 aliphatic carbocycles. The van der Waals surface area contributed by atoms with Crippen molar-refractivity contribution >= 4 is 23.2 Å². The van der Waals surface area contributed by atoms with Crippen molar-refractivity contribution in [3.63, 3.8) is 0 Å². The van der Waals surface area contributed by atoms with Gasteiger partial charge in [-0.1, -0.05) is 11.6 Å². The molecule has 1 atom stereocenters. The molecule has 1 unspecified atom stereocenters. The van der Waals surface area contributed by atoms with Crippen LogP contribution in [0.5, 0.6) is 0 Å². The molecule has 0 saturated heterocycles. The van der Waals surface area contributed by atoms with Crippen LogP contribution < -0.4 is 11.1 Å². The zero-order chi connectivity index (χ0) is 14.6. The van der Waals surface area contributed by atoms with Crippen molar-refractivity contribution in [2.24, 2.45) is 5.73 Å². The van der Waals surface area contributed by atoms with Gasteiger partial charge in [0.25, 0.3) is 0 Å². The topological polar surface area (TPSA) is 64.3 Å². The number of hydrogen-bond donors (Lipinski definition) is 2. The number of benzene rings is 1. The standard InChI is InChI=1S/C14H21ClN2O2/c1-9(8-14(2,3)19-4)17-10-5-6-12(15)11(7-10)13(16)18/h5-7,9,17H,8H2,1-4H3,(H2,16,18). The average molecular weight is 285 g/mol. The van der Waals surface area contributed by atoms with Gasteiger partial charge in [0.2, 0.25) is 5.91 Å². The third-order valence-corrected chi connectivity index (χ3v) is 3.32. The molecule has 0 aliphatic rings. The number of hydrogen-bond acceptors (Lipinski definition) is 3. The zero-order valence-corrected chi connectivity index (χ0v) is 12.5. The van der Waals surface area contributed by atoms with Crippen LogP contribution in [0.3, 0.4) is 0 Å². The van der Waals surface area contributed by atoms with Crippen LogP contribution in [0.1, 0.15) is 37.6 Å². The van der Waals surface area contributed by atoms with Gasteiger partial charge in [0.1, 0.15) is 0 Å². The van der Waals surface area contributed by atoms with Crippen LogP contribution in [0, 0.1) is 0 Å². The number of carbonyl (C=O) groups excluding carboxylic acids is 1. The smallest absolute Gasteiger partial charge is 0.250 e. The van der Waals surface area contributed by atoms with Gasteiger partial charge in [-0.05, 0) is 45.4 Å². The zero-order valence-electron chi connectivity index (χ0n) is 11.8. The first-order chi connectivity index (χ1) is 8.75. The Balaban J connectivity index is 2.77. The number of ether oxygens (including phenoxy) is 1. The Morgan fingerprint density at radius 3 is 2.68 bits per heavy atom. The second-order valence-electron chi connectivity index (χ2n) is 5.27. The molecule has 0 bridgehead atoms. The third-order valence-electron chi connectivity index (χ3n) is 3.00. The summed E-state index contributed by atoms with van der Waals surface area (Å²) < 4.78 is 5.39. The minimum atomic E-state index is -0.529. The lowest BCUT2D eigenvalue weighted by Gasteiger charge is -2.27. The van der Waals surface area contributed by atoms with Gasteiger partial charge in [0, 0.05) is 18.8 Å². The first kappa shape index (κ1) is 15.8. The van der Waals surface area contributed by atoms with Gasteiger partial charge in [0.05, 0.1) is 16.2 Å². The molecular weight excluding hydrogens is 264 g/mol. The molecule has 19 heavy (non-hydrogen) atoms. The molecule has 1 amide bonds. The Morgan fingerprint density at radius 1 is 1.53 bits per heavy atom. The minimum absolute atomic E-state index is 0.192.